The van der Waals surface area contributed by atoms with E-state index in [0.29, 0.717) is 18.9 Å². The van der Waals surface area contributed by atoms with Gasteiger partial charge in [0.1, 0.15) is 11.6 Å². The van der Waals surface area contributed by atoms with Crippen LogP contribution in [0.25, 0.3) is 17.0 Å². The molecule has 1 aliphatic heterocycles. The highest BCUT2D eigenvalue weighted by molar-refractivity contribution is 5.83. The number of hydrogen-bond donors (Lipinski definition) is 1. The Morgan fingerprint density at radius 1 is 1.26 bits per heavy atom. The average Bonchev–Trinajstić information content (AvgIpc) is 3.50. The summed E-state index contributed by atoms with van der Waals surface area (Å²) in [6.45, 7) is 4.74. The zero-order chi connectivity index (χ0) is 24.5. The lowest BCUT2D eigenvalue weighted by atomic mass is 10.0. The predicted molar refractivity (Wildman–Crippen MR) is 129 cm³/mol. The van der Waals surface area contributed by atoms with Crippen LogP contribution in [0.1, 0.15) is 30.5 Å². The van der Waals surface area contributed by atoms with E-state index >= 15 is 0 Å². The van der Waals surface area contributed by atoms with E-state index in [9.17, 15) is 9.18 Å². The van der Waals surface area contributed by atoms with Crippen molar-refractivity contribution in [3.05, 3.63) is 65.9 Å². The van der Waals surface area contributed by atoms with Crippen LogP contribution in [0.4, 0.5) is 10.2 Å². The minimum Gasteiger partial charge on any atom is -0.481 e. The molecule has 5 rings (SSSR count). The summed E-state index contributed by atoms with van der Waals surface area (Å²) in [5.74, 6) is 0.361. The number of aryl methyl sites for hydroxylation is 1. The first kappa shape index (κ1) is 22.7. The second kappa shape index (κ2) is 9.28. The number of anilines is 1. The topological polar surface area (TPSA) is 97.5 Å². The Morgan fingerprint density at radius 3 is 2.89 bits per heavy atom. The number of aromatic nitrogens is 5. The number of amides is 1. The number of halogens is 1. The van der Waals surface area contributed by atoms with E-state index in [2.05, 4.69) is 20.4 Å². The van der Waals surface area contributed by atoms with Gasteiger partial charge in [-0.2, -0.15) is 0 Å². The SMILES string of the molecule is COc1cc(C(C)C(=O)N2CC[C@H](Nc3ccc(-c4nc5ccccn5n4)c(C)n3)C2)c(F)cn1. The molecule has 4 aromatic heterocycles. The molecule has 1 aliphatic rings. The standard InChI is InChI=1S/C25H26FN7O2/c1-15(19-12-23(35-3)27-13-20(19)26)25(34)32-11-9-17(14-32)29-21-8-7-18(16(2)28-21)24-30-22-6-4-5-10-33(22)31-24/h4-8,10,12-13,15,17H,9,11,14H2,1-3H3,(H,28,29)/t15?,17-/m0/s1. The van der Waals surface area contributed by atoms with Gasteiger partial charge in [0, 0.05) is 42.5 Å². The Kier molecular flexibility index (Phi) is 6.02. The molecule has 0 spiro atoms. The molecule has 0 bridgehead atoms. The van der Waals surface area contributed by atoms with Crippen LogP contribution >= 0.6 is 0 Å². The van der Waals surface area contributed by atoms with E-state index in [1.165, 1.54) is 13.2 Å². The summed E-state index contributed by atoms with van der Waals surface area (Å²) >= 11 is 0. The first-order valence-electron chi connectivity index (χ1n) is 11.5. The Hall–Kier alpha value is -4.08. The van der Waals surface area contributed by atoms with Crippen LogP contribution in [0.5, 0.6) is 5.88 Å². The second-order valence-electron chi connectivity index (χ2n) is 8.65. The van der Waals surface area contributed by atoms with Crippen molar-refractivity contribution < 1.29 is 13.9 Å². The fourth-order valence-electron chi connectivity index (χ4n) is 4.40. The van der Waals surface area contributed by atoms with Crippen molar-refractivity contribution in [3.8, 4) is 17.3 Å². The van der Waals surface area contributed by atoms with Gasteiger partial charge in [-0.15, -0.1) is 5.10 Å². The van der Waals surface area contributed by atoms with E-state index in [-0.39, 0.29) is 23.4 Å². The van der Waals surface area contributed by atoms with Crippen molar-refractivity contribution in [1.82, 2.24) is 29.5 Å². The van der Waals surface area contributed by atoms with Crippen LogP contribution in [0.3, 0.4) is 0 Å². The number of nitrogens with one attached hydrogen (secondary N) is 1. The van der Waals surface area contributed by atoms with E-state index in [4.69, 9.17) is 9.72 Å². The summed E-state index contributed by atoms with van der Waals surface area (Å²) in [6.07, 6.45) is 3.72. The van der Waals surface area contributed by atoms with E-state index in [1.807, 2.05) is 43.5 Å². The van der Waals surface area contributed by atoms with Crippen LogP contribution in [0.2, 0.25) is 0 Å². The third kappa shape index (κ3) is 4.51. The number of carbonyl (C=O) groups is 1. The molecule has 4 aromatic rings. The normalized spacial score (nSPS) is 16.5. The number of carbonyl (C=O) groups excluding carboxylic acids is 1. The summed E-state index contributed by atoms with van der Waals surface area (Å²) < 4.78 is 21.1. The van der Waals surface area contributed by atoms with E-state index < -0.39 is 11.7 Å². The molecule has 1 unspecified atom stereocenters. The number of methoxy groups -OCH3 is 1. The molecule has 1 saturated heterocycles. The lowest BCUT2D eigenvalue weighted by Gasteiger charge is -2.22. The maximum atomic E-state index is 14.3. The van der Waals surface area contributed by atoms with Crippen molar-refractivity contribution >= 4 is 17.4 Å². The Bertz CT molecular complexity index is 1360. The number of ether oxygens (including phenoxy) is 1. The lowest BCUT2D eigenvalue weighted by molar-refractivity contribution is -0.131. The summed E-state index contributed by atoms with van der Waals surface area (Å²) in [5.41, 5.74) is 2.74. The molecule has 1 amide bonds. The highest BCUT2D eigenvalue weighted by Crippen LogP contribution is 2.27. The molecule has 0 saturated carbocycles. The summed E-state index contributed by atoms with van der Waals surface area (Å²) in [4.78, 5) is 27.9. The maximum Gasteiger partial charge on any atom is 0.230 e. The molecule has 1 N–H and O–H groups in total. The smallest absolute Gasteiger partial charge is 0.230 e. The van der Waals surface area contributed by atoms with Crippen molar-refractivity contribution in [2.45, 2.75) is 32.2 Å². The molecule has 0 radical (unpaired) electrons. The van der Waals surface area contributed by atoms with Gasteiger partial charge in [0.2, 0.25) is 11.8 Å². The van der Waals surface area contributed by atoms with Crippen molar-refractivity contribution in [3.63, 3.8) is 0 Å². The summed E-state index contributed by atoms with van der Waals surface area (Å²) in [6, 6.07) is 11.1. The van der Waals surface area contributed by atoms with Gasteiger partial charge in [-0.3, -0.25) is 4.79 Å². The first-order chi connectivity index (χ1) is 16.9. The van der Waals surface area contributed by atoms with Gasteiger partial charge in [0.15, 0.2) is 11.5 Å². The second-order valence-corrected chi connectivity index (χ2v) is 8.65. The van der Waals surface area contributed by atoms with Crippen LogP contribution in [-0.4, -0.2) is 61.6 Å². The van der Waals surface area contributed by atoms with Crippen LogP contribution in [-0.2, 0) is 4.79 Å². The molecule has 0 aromatic carbocycles. The van der Waals surface area contributed by atoms with Gasteiger partial charge in [0.25, 0.3) is 0 Å². The third-order valence-electron chi connectivity index (χ3n) is 6.33. The van der Waals surface area contributed by atoms with Crippen LogP contribution < -0.4 is 10.1 Å². The van der Waals surface area contributed by atoms with Gasteiger partial charge < -0.3 is 15.0 Å². The van der Waals surface area contributed by atoms with Crippen LogP contribution in [0.15, 0.2) is 48.8 Å². The average molecular weight is 476 g/mol. The number of likely N-dealkylation sites (tertiary alicyclic amines) is 1. The molecule has 35 heavy (non-hydrogen) atoms. The highest BCUT2D eigenvalue weighted by Gasteiger charge is 2.31. The monoisotopic (exact) mass is 475 g/mol. The van der Waals surface area contributed by atoms with Crippen molar-refractivity contribution in [2.75, 3.05) is 25.5 Å². The van der Waals surface area contributed by atoms with E-state index in [1.54, 1.807) is 16.3 Å². The minimum atomic E-state index is -0.636. The zero-order valence-electron chi connectivity index (χ0n) is 19.8. The Labute approximate surface area is 202 Å². The summed E-state index contributed by atoms with van der Waals surface area (Å²) in [5, 5.41) is 7.95. The first-order valence-corrected chi connectivity index (χ1v) is 11.5. The fraction of sp³-hybridized carbons (Fsp3) is 0.320. The van der Waals surface area contributed by atoms with Crippen molar-refractivity contribution in [2.24, 2.45) is 0 Å². The molecule has 180 valence electrons. The van der Waals surface area contributed by atoms with Gasteiger partial charge in [-0.05, 0) is 44.5 Å². The fourth-order valence-corrected chi connectivity index (χ4v) is 4.40. The number of nitrogens with zero attached hydrogens (tertiary/aromatic N) is 6. The molecule has 0 aliphatic carbocycles. The molecule has 10 heteroatoms. The molecule has 2 atom stereocenters. The largest absolute Gasteiger partial charge is 0.481 e. The molecule has 9 nitrogen and oxygen atoms in total. The van der Waals surface area contributed by atoms with Crippen molar-refractivity contribution in [1.29, 1.82) is 0 Å². The molecular weight excluding hydrogens is 449 g/mol. The zero-order valence-corrected chi connectivity index (χ0v) is 19.8. The number of fused-ring (bicyclic) bond motifs is 1. The predicted octanol–water partition coefficient (Wildman–Crippen LogP) is 3.46. The quantitative estimate of drug-likeness (QED) is 0.456. The van der Waals surface area contributed by atoms with Gasteiger partial charge in [-0.1, -0.05) is 6.07 Å². The molecule has 5 heterocycles. The summed E-state index contributed by atoms with van der Waals surface area (Å²) in [7, 11) is 1.46. The Morgan fingerprint density at radius 2 is 2.11 bits per heavy atom. The number of rotatable bonds is 6. The maximum absolute atomic E-state index is 14.3. The van der Waals surface area contributed by atoms with Gasteiger partial charge >= 0.3 is 0 Å². The molecular formula is C25H26FN7O2. The van der Waals surface area contributed by atoms with Gasteiger partial charge in [0.05, 0.1) is 24.9 Å². The minimum absolute atomic E-state index is 0.0500. The number of pyridine rings is 3. The third-order valence-corrected chi connectivity index (χ3v) is 6.33. The van der Waals surface area contributed by atoms with Crippen LogP contribution in [0, 0.1) is 12.7 Å². The Balaban J connectivity index is 1.25. The number of hydrogen-bond acceptors (Lipinski definition) is 7. The lowest BCUT2D eigenvalue weighted by Crippen LogP contribution is -2.34. The van der Waals surface area contributed by atoms with Gasteiger partial charge in [-0.25, -0.2) is 23.9 Å². The van der Waals surface area contributed by atoms with E-state index in [0.717, 1.165) is 35.3 Å². The molecule has 1 fully saturated rings. The highest BCUT2D eigenvalue weighted by atomic mass is 19.1.